The van der Waals surface area contributed by atoms with Gasteiger partial charge in [0.25, 0.3) is 0 Å². The Morgan fingerprint density at radius 3 is 2.18 bits per heavy atom. The van der Waals surface area contributed by atoms with Crippen LogP contribution >= 0.6 is 0 Å². The molecule has 1 fully saturated rings. The molecule has 0 aromatic rings. The number of likely N-dealkylation sites (tertiary alicyclic amines) is 1. The number of hydrogen-bond acceptors (Lipinski definition) is 2. The smallest absolute Gasteiger partial charge is 0.239 e. The van der Waals surface area contributed by atoms with Crippen LogP contribution in [-0.2, 0) is 4.79 Å². The second kappa shape index (κ2) is 6.39. The molecule has 0 bridgehead atoms. The van der Waals surface area contributed by atoms with Crippen molar-refractivity contribution in [1.29, 1.82) is 0 Å². The number of amides is 1. The predicted molar refractivity (Wildman–Crippen MR) is 71.7 cm³/mol. The third-order valence-electron chi connectivity index (χ3n) is 4.55. The molecule has 3 nitrogen and oxygen atoms in total. The van der Waals surface area contributed by atoms with Crippen LogP contribution in [-0.4, -0.2) is 29.9 Å². The molecule has 100 valence electrons. The molecule has 1 aliphatic heterocycles. The molecule has 0 saturated carbocycles. The van der Waals surface area contributed by atoms with Crippen molar-refractivity contribution in [2.75, 3.05) is 13.1 Å². The Bertz CT molecular complexity index is 239. The maximum absolute atomic E-state index is 12.1. The fourth-order valence-corrected chi connectivity index (χ4v) is 2.83. The summed E-state index contributed by atoms with van der Waals surface area (Å²) >= 11 is 0. The molecule has 3 heteroatoms. The van der Waals surface area contributed by atoms with Crippen LogP contribution in [0.2, 0.25) is 0 Å². The van der Waals surface area contributed by atoms with E-state index in [-0.39, 0.29) is 11.9 Å². The minimum atomic E-state index is -0.282. The average Bonchev–Trinajstić information content (AvgIpc) is 2.38. The van der Waals surface area contributed by atoms with E-state index in [1.165, 1.54) is 12.8 Å². The van der Waals surface area contributed by atoms with E-state index in [2.05, 4.69) is 20.8 Å². The molecular weight excluding hydrogens is 212 g/mol. The quantitative estimate of drug-likeness (QED) is 0.802. The Morgan fingerprint density at radius 1 is 1.24 bits per heavy atom. The number of nitrogens with two attached hydrogens (primary N) is 1. The zero-order valence-corrected chi connectivity index (χ0v) is 11.7. The van der Waals surface area contributed by atoms with Gasteiger partial charge in [-0.15, -0.1) is 0 Å². The van der Waals surface area contributed by atoms with E-state index < -0.39 is 0 Å². The first kappa shape index (κ1) is 14.5. The second-order valence-electron chi connectivity index (χ2n) is 5.43. The highest BCUT2D eigenvalue weighted by Crippen LogP contribution is 2.37. The molecule has 1 amide bonds. The topological polar surface area (TPSA) is 46.3 Å². The Hall–Kier alpha value is -0.570. The van der Waals surface area contributed by atoms with Gasteiger partial charge in [-0.25, -0.2) is 0 Å². The number of hydrogen-bond donors (Lipinski definition) is 1. The minimum absolute atomic E-state index is 0.160. The van der Waals surface area contributed by atoms with Gasteiger partial charge in [0.1, 0.15) is 0 Å². The van der Waals surface area contributed by atoms with Crippen molar-refractivity contribution in [3.63, 3.8) is 0 Å². The monoisotopic (exact) mass is 240 g/mol. The van der Waals surface area contributed by atoms with Gasteiger partial charge in [-0.1, -0.05) is 40.0 Å². The summed E-state index contributed by atoms with van der Waals surface area (Å²) in [6, 6.07) is -0.282. The van der Waals surface area contributed by atoms with Gasteiger partial charge in [-0.3, -0.25) is 4.79 Å². The molecule has 0 aromatic heterocycles. The Kier molecular flexibility index (Phi) is 5.44. The van der Waals surface area contributed by atoms with Gasteiger partial charge in [0, 0.05) is 13.1 Å². The van der Waals surface area contributed by atoms with Crippen molar-refractivity contribution in [3.8, 4) is 0 Å². The van der Waals surface area contributed by atoms with E-state index in [0.717, 1.165) is 38.8 Å². The Labute approximate surface area is 106 Å². The first-order valence-electron chi connectivity index (χ1n) is 7.13. The summed E-state index contributed by atoms with van der Waals surface area (Å²) in [7, 11) is 0. The predicted octanol–water partition coefficient (Wildman–Crippen LogP) is 2.54. The van der Waals surface area contributed by atoms with Gasteiger partial charge in [0.05, 0.1) is 6.04 Å². The first-order valence-corrected chi connectivity index (χ1v) is 7.13. The second-order valence-corrected chi connectivity index (χ2v) is 5.43. The van der Waals surface area contributed by atoms with Gasteiger partial charge >= 0.3 is 0 Å². The van der Waals surface area contributed by atoms with Crippen LogP contribution in [0.1, 0.15) is 59.3 Å². The van der Waals surface area contributed by atoms with Crippen LogP contribution in [0.4, 0.5) is 0 Å². The highest BCUT2D eigenvalue weighted by molar-refractivity contribution is 5.81. The van der Waals surface area contributed by atoms with E-state index in [1.807, 2.05) is 4.90 Å². The van der Waals surface area contributed by atoms with E-state index in [4.69, 9.17) is 5.73 Å². The molecule has 2 N–H and O–H groups in total. The lowest BCUT2D eigenvalue weighted by Crippen LogP contribution is -2.49. The standard InChI is InChI=1S/C14H28N2O/c1-4-7-12(15)13(17)16-10-8-14(5-2,6-3)9-11-16/h12H,4-11,15H2,1-3H3/t12-/m0/s1. The first-order chi connectivity index (χ1) is 8.08. The summed E-state index contributed by atoms with van der Waals surface area (Å²) in [6.07, 6.45) is 6.53. The summed E-state index contributed by atoms with van der Waals surface area (Å²) in [5.41, 5.74) is 6.38. The van der Waals surface area contributed by atoms with Gasteiger partial charge in [-0.05, 0) is 24.7 Å². The number of nitrogens with zero attached hydrogens (tertiary/aromatic N) is 1. The Balaban J connectivity index is 2.48. The zero-order chi connectivity index (χ0) is 12.9. The normalized spacial score (nSPS) is 21.3. The SMILES string of the molecule is CCC[C@H](N)C(=O)N1CCC(CC)(CC)CC1. The fraction of sp³-hybridized carbons (Fsp3) is 0.929. The van der Waals surface area contributed by atoms with E-state index in [9.17, 15) is 4.79 Å². The highest BCUT2D eigenvalue weighted by atomic mass is 16.2. The number of carbonyl (C=O) groups excluding carboxylic acids is 1. The van der Waals surface area contributed by atoms with Crippen molar-refractivity contribution < 1.29 is 4.79 Å². The fourth-order valence-electron chi connectivity index (χ4n) is 2.83. The van der Waals surface area contributed by atoms with Crippen LogP contribution in [0.15, 0.2) is 0 Å². The molecule has 1 heterocycles. The molecule has 0 aliphatic carbocycles. The lowest BCUT2D eigenvalue weighted by molar-refractivity contribution is -0.135. The molecule has 1 saturated heterocycles. The lowest BCUT2D eigenvalue weighted by atomic mass is 9.74. The molecule has 1 aliphatic rings. The number of rotatable bonds is 5. The van der Waals surface area contributed by atoms with Crippen LogP contribution in [0.3, 0.4) is 0 Å². The van der Waals surface area contributed by atoms with Crippen molar-refractivity contribution in [2.45, 2.75) is 65.3 Å². The summed E-state index contributed by atoms with van der Waals surface area (Å²) in [4.78, 5) is 14.1. The maximum atomic E-state index is 12.1. The molecule has 0 unspecified atom stereocenters. The molecule has 1 rings (SSSR count). The average molecular weight is 240 g/mol. The summed E-state index contributed by atoms with van der Waals surface area (Å²) < 4.78 is 0. The molecule has 0 spiro atoms. The van der Waals surface area contributed by atoms with Crippen LogP contribution < -0.4 is 5.73 Å². The van der Waals surface area contributed by atoms with E-state index in [1.54, 1.807) is 0 Å². The molecule has 1 atom stereocenters. The van der Waals surface area contributed by atoms with Gasteiger partial charge < -0.3 is 10.6 Å². The maximum Gasteiger partial charge on any atom is 0.239 e. The van der Waals surface area contributed by atoms with Crippen LogP contribution in [0, 0.1) is 5.41 Å². The van der Waals surface area contributed by atoms with Gasteiger partial charge in [-0.2, -0.15) is 0 Å². The van der Waals surface area contributed by atoms with Gasteiger partial charge in [0.2, 0.25) is 5.91 Å². The van der Waals surface area contributed by atoms with Crippen molar-refractivity contribution in [3.05, 3.63) is 0 Å². The van der Waals surface area contributed by atoms with E-state index in [0.29, 0.717) is 5.41 Å². The third kappa shape index (κ3) is 3.44. The van der Waals surface area contributed by atoms with E-state index >= 15 is 0 Å². The van der Waals surface area contributed by atoms with Gasteiger partial charge in [0.15, 0.2) is 0 Å². The molecule has 17 heavy (non-hydrogen) atoms. The third-order valence-corrected chi connectivity index (χ3v) is 4.55. The van der Waals surface area contributed by atoms with Crippen molar-refractivity contribution in [2.24, 2.45) is 11.1 Å². The number of carbonyl (C=O) groups is 1. The Morgan fingerprint density at radius 2 is 1.76 bits per heavy atom. The summed E-state index contributed by atoms with van der Waals surface area (Å²) in [5, 5.41) is 0. The number of piperidine rings is 1. The van der Waals surface area contributed by atoms with Crippen LogP contribution in [0.5, 0.6) is 0 Å². The zero-order valence-electron chi connectivity index (χ0n) is 11.7. The molecule has 0 aromatic carbocycles. The summed E-state index contributed by atoms with van der Waals surface area (Å²) in [5.74, 6) is 0.160. The lowest BCUT2D eigenvalue weighted by Gasteiger charge is -2.41. The van der Waals surface area contributed by atoms with Crippen LogP contribution in [0.25, 0.3) is 0 Å². The van der Waals surface area contributed by atoms with Crippen molar-refractivity contribution in [1.82, 2.24) is 4.90 Å². The molecule has 0 radical (unpaired) electrons. The minimum Gasteiger partial charge on any atom is -0.341 e. The summed E-state index contributed by atoms with van der Waals surface area (Å²) in [6.45, 7) is 8.41. The molecular formula is C14H28N2O. The van der Waals surface area contributed by atoms with Crippen molar-refractivity contribution >= 4 is 5.91 Å². The largest absolute Gasteiger partial charge is 0.341 e. The highest BCUT2D eigenvalue weighted by Gasteiger charge is 2.33.